The maximum atomic E-state index is 10.8. The van der Waals surface area contributed by atoms with Crippen molar-refractivity contribution in [1.82, 2.24) is 0 Å². The minimum Gasteiger partial charge on any atom is -0.463 e. The van der Waals surface area contributed by atoms with E-state index in [1.165, 1.54) is 12.1 Å². The highest BCUT2D eigenvalue weighted by Gasteiger charge is 2.07. The molecule has 0 aromatic heterocycles. The predicted molar refractivity (Wildman–Crippen MR) is 75.4 cm³/mol. The maximum absolute atomic E-state index is 10.8. The molecule has 0 radical (unpaired) electrons. The molecular formula is C13H26O4Si. The van der Waals surface area contributed by atoms with Gasteiger partial charge in [-0.05, 0) is 20.3 Å². The summed E-state index contributed by atoms with van der Waals surface area (Å²) in [5.41, 5.74) is 0. The van der Waals surface area contributed by atoms with E-state index in [2.05, 4.69) is 6.58 Å². The average Bonchev–Trinajstić information content (AvgIpc) is 2.37. The second kappa shape index (κ2) is 12.8. The fourth-order valence-electron chi connectivity index (χ4n) is 1.58. The zero-order valence-corrected chi connectivity index (χ0v) is 13.1. The van der Waals surface area contributed by atoms with Gasteiger partial charge in [-0.1, -0.05) is 25.5 Å². The molecule has 18 heavy (non-hydrogen) atoms. The molecule has 0 spiro atoms. The van der Waals surface area contributed by atoms with Crippen LogP contribution in [0.15, 0.2) is 12.7 Å². The van der Waals surface area contributed by atoms with Gasteiger partial charge in [0.15, 0.2) is 0 Å². The number of carbonyl (C=O) groups is 1. The monoisotopic (exact) mass is 274 g/mol. The van der Waals surface area contributed by atoms with E-state index in [1.807, 2.05) is 13.8 Å². The molecule has 0 aliphatic heterocycles. The third kappa shape index (κ3) is 10.5. The van der Waals surface area contributed by atoms with Gasteiger partial charge in [0.05, 0.1) is 16.1 Å². The summed E-state index contributed by atoms with van der Waals surface area (Å²) in [6.45, 7) is 9.26. The summed E-state index contributed by atoms with van der Waals surface area (Å²) in [5, 5.41) is 0. The van der Waals surface area contributed by atoms with E-state index >= 15 is 0 Å². The van der Waals surface area contributed by atoms with E-state index in [4.69, 9.17) is 14.2 Å². The van der Waals surface area contributed by atoms with Crippen LogP contribution in [0.25, 0.3) is 0 Å². The first-order valence-corrected chi connectivity index (χ1v) is 8.58. The highest BCUT2D eigenvalue weighted by atomic mass is 28.2. The lowest BCUT2D eigenvalue weighted by molar-refractivity contribution is -0.137. The van der Waals surface area contributed by atoms with E-state index in [0.717, 1.165) is 32.5 Å². The second-order valence-corrected chi connectivity index (χ2v) is 5.87. The highest BCUT2D eigenvalue weighted by Crippen LogP contribution is 2.04. The lowest BCUT2D eigenvalue weighted by atomic mass is 10.3. The van der Waals surface area contributed by atoms with E-state index in [-0.39, 0.29) is 21.4 Å². The fraction of sp³-hybridized carbons (Fsp3) is 0.769. The van der Waals surface area contributed by atoms with Crippen molar-refractivity contribution in [3.8, 4) is 0 Å². The zero-order valence-electron chi connectivity index (χ0n) is 11.7. The van der Waals surface area contributed by atoms with Gasteiger partial charge in [-0.3, -0.25) is 0 Å². The van der Waals surface area contributed by atoms with Crippen LogP contribution in [0, 0.1) is 0 Å². The number of carbonyl (C=O) groups excluding carboxylic acids is 1. The van der Waals surface area contributed by atoms with Crippen LogP contribution in [0.5, 0.6) is 0 Å². The molecule has 0 fully saturated rings. The van der Waals surface area contributed by atoms with Crippen molar-refractivity contribution in [2.45, 2.75) is 45.1 Å². The van der Waals surface area contributed by atoms with Crippen molar-refractivity contribution < 1.29 is 19.0 Å². The van der Waals surface area contributed by atoms with Gasteiger partial charge >= 0.3 is 5.97 Å². The lowest BCUT2D eigenvalue weighted by Gasteiger charge is -2.16. The third-order valence-corrected chi connectivity index (χ3v) is 4.30. The largest absolute Gasteiger partial charge is 0.463 e. The van der Waals surface area contributed by atoms with Crippen LogP contribution in [0.2, 0.25) is 6.04 Å². The molecule has 4 nitrogen and oxygen atoms in total. The molecule has 0 saturated carbocycles. The predicted octanol–water partition coefficient (Wildman–Crippen LogP) is 1.83. The van der Waals surface area contributed by atoms with E-state index in [1.54, 1.807) is 0 Å². The van der Waals surface area contributed by atoms with Gasteiger partial charge in [0, 0.05) is 19.3 Å². The Balaban J connectivity index is 3.37. The van der Waals surface area contributed by atoms with Gasteiger partial charge in [-0.2, -0.15) is 0 Å². The molecule has 0 aromatic carbocycles. The molecule has 0 aromatic rings. The molecule has 0 atom stereocenters. The molecule has 0 rings (SSSR count). The number of hydrogen-bond donors (Lipinski definition) is 0. The Kier molecular flexibility index (Phi) is 12.3. The average molecular weight is 274 g/mol. The molecule has 0 saturated heterocycles. The molecule has 0 heterocycles. The Morgan fingerprint density at radius 2 is 1.89 bits per heavy atom. The summed E-state index contributed by atoms with van der Waals surface area (Å²) >= 11 is 0. The summed E-state index contributed by atoms with van der Waals surface area (Å²) in [4.78, 5) is 10.8. The van der Waals surface area contributed by atoms with Crippen LogP contribution in [0.3, 0.4) is 0 Å². The normalized spacial score (nSPS) is 11.3. The topological polar surface area (TPSA) is 44.8 Å². The van der Waals surface area contributed by atoms with Crippen LogP contribution in [0.1, 0.15) is 33.1 Å². The van der Waals surface area contributed by atoms with Crippen molar-refractivity contribution in [1.29, 1.82) is 0 Å². The first-order valence-electron chi connectivity index (χ1n) is 6.77. The number of ether oxygens (including phenoxy) is 3. The smallest absolute Gasteiger partial charge is 0.330 e. The number of hydrogen-bond acceptors (Lipinski definition) is 4. The summed E-state index contributed by atoms with van der Waals surface area (Å²) < 4.78 is 15.9. The van der Waals surface area contributed by atoms with Crippen molar-refractivity contribution in [3.63, 3.8) is 0 Å². The Bertz CT molecular complexity index is 215. The third-order valence-electron chi connectivity index (χ3n) is 2.45. The van der Waals surface area contributed by atoms with Crippen molar-refractivity contribution in [3.05, 3.63) is 12.7 Å². The molecule has 0 aliphatic carbocycles. The summed E-state index contributed by atoms with van der Waals surface area (Å²) in [5.74, 6) is -0.268. The Labute approximate surface area is 113 Å². The number of esters is 1. The van der Waals surface area contributed by atoms with E-state index in [0.29, 0.717) is 6.61 Å². The Morgan fingerprint density at radius 3 is 2.44 bits per heavy atom. The molecule has 0 amide bonds. The van der Waals surface area contributed by atoms with E-state index in [9.17, 15) is 4.79 Å². The van der Waals surface area contributed by atoms with Crippen LogP contribution < -0.4 is 0 Å². The molecule has 0 bridgehead atoms. The van der Waals surface area contributed by atoms with Crippen LogP contribution in [-0.2, 0) is 19.0 Å². The summed E-state index contributed by atoms with van der Waals surface area (Å²) in [6, 6.07) is 1.21. The summed E-state index contributed by atoms with van der Waals surface area (Å²) in [6.07, 6.45) is 4.36. The lowest BCUT2D eigenvalue weighted by Crippen LogP contribution is -2.24. The molecule has 0 unspecified atom stereocenters. The summed E-state index contributed by atoms with van der Waals surface area (Å²) in [7, 11) is -0.319. The minimum absolute atomic E-state index is 0.0681. The van der Waals surface area contributed by atoms with Gasteiger partial charge in [0.1, 0.15) is 5.91 Å². The zero-order chi connectivity index (χ0) is 13.6. The first kappa shape index (κ1) is 17.3. The van der Waals surface area contributed by atoms with Crippen molar-refractivity contribution in [2.24, 2.45) is 0 Å². The van der Waals surface area contributed by atoms with Crippen molar-refractivity contribution in [2.75, 3.05) is 19.8 Å². The standard InChI is InChI=1S/C13H26O4Si/c1-4-12(14)17-10-8-7-9-11-18-13(15-5-2)16-6-3/h4,13H,1,5-11,18H2,2-3H3. The van der Waals surface area contributed by atoms with Crippen molar-refractivity contribution >= 4 is 15.5 Å². The van der Waals surface area contributed by atoms with Crippen LogP contribution >= 0.6 is 0 Å². The van der Waals surface area contributed by atoms with Gasteiger partial charge in [0.25, 0.3) is 0 Å². The van der Waals surface area contributed by atoms with Gasteiger partial charge in [0.2, 0.25) is 0 Å². The number of rotatable bonds is 12. The molecule has 0 aliphatic rings. The van der Waals surface area contributed by atoms with Gasteiger partial charge in [-0.15, -0.1) is 0 Å². The Hall–Kier alpha value is -0.653. The second-order valence-electron chi connectivity index (χ2n) is 3.91. The quantitative estimate of drug-likeness (QED) is 0.179. The highest BCUT2D eigenvalue weighted by molar-refractivity contribution is 6.36. The first-order chi connectivity index (χ1) is 8.74. The molecule has 0 N–H and O–H groups in total. The Morgan fingerprint density at radius 1 is 1.22 bits per heavy atom. The van der Waals surface area contributed by atoms with Gasteiger partial charge < -0.3 is 14.2 Å². The minimum atomic E-state index is -0.336. The SMILES string of the molecule is C=CC(=O)OCCCCC[SiH2]C(OCC)OCC. The van der Waals surface area contributed by atoms with E-state index < -0.39 is 0 Å². The van der Waals surface area contributed by atoms with Gasteiger partial charge in [-0.25, -0.2) is 4.79 Å². The molecule has 106 valence electrons. The molecule has 5 heteroatoms. The van der Waals surface area contributed by atoms with Crippen LogP contribution in [0.4, 0.5) is 0 Å². The maximum Gasteiger partial charge on any atom is 0.330 e. The van der Waals surface area contributed by atoms with Crippen LogP contribution in [-0.4, -0.2) is 41.2 Å². The number of unbranched alkanes of at least 4 members (excludes halogenated alkanes) is 2. The fourth-order valence-corrected chi connectivity index (χ4v) is 3.37. The molecular weight excluding hydrogens is 248 g/mol.